The van der Waals surface area contributed by atoms with Gasteiger partial charge < -0.3 is 24.1 Å². The van der Waals surface area contributed by atoms with Crippen LogP contribution in [0.25, 0.3) is 0 Å². The van der Waals surface area contributed by atoms with Gasteiger partial charge in [-0.2, -0.15) is 0 Å². The smallest absolute Gasteiger partial charge is 0.341 e. The zero-order valence-electron chi connectivity index (χ0n) is 15.6. The van der Waals surface area contributed by atoms with E-state index in [0.717, 1.165) is 42.0 Å². The van der Waals surface area contributed by atoms with E-state index in [1.54, 1.807) is 7.11 Å². The predicted octanol–water partition coefficient (Wildman–Crippen LogP) is 2.54. The average Bonchev–Trinajstić information content (AvgIpc) is 3.16. The predicted molar refractivity (Wildman–Crippen MR) is 99.2 cm³/mol. The molecule has 3 aliphatic rings. The van der Waals surface area contributed by atoms with Gasteiger partial charge in [-0.25, -0.2) is 4.79 Å². The molecule has 0 saturated carbocycles. The van der Waals surface area contributed by atoms with Gasteiger partial charge in [0, 0.05) is 24.7 Å². The minimum absolute atomic E-state index is 0.256. The number of ether oxygens (including phenoxy) is 4. The third-order valence-electron chi connectivity index (χ3n) is 5.76. The first-order valence-electron chi connectivity index (χ1n) is 9.34. The van der Waals surface area contributed by atoms with E-state index in [4.69, 9.17) is 24.1 Å². The maximum absolute atomic E-state index is 11.0. The van der Waals surface area contributed by atoms with Crippen LogP contribution in [0.15, 0.2) is 24.3 Å². The Morgan fingerprint density at radius 2 is 2.07 bits per heavy atom. The van der Waals surface area contributed by atoms with Crippen LogP contribution in [-0.4, -0.2) is 43.0 Å². The number of aliphatic carboxylic acids is 1. The molecule has 2 aromatic carbocycles. The Bertz CT molecular complexity index is 956. The lowest BCUT2D eigenvalue weighted by atomic mass is 9.83. The molecule has 146 valence electrons. The third kappa shape index (κ3) is 2.74. The maximum atomic E-state index is 11.0. The molecule has 7 heteroatoms. The zero-order chi connectivity index (χ0) is 19.3. The van der Waals surface area contributed by atoms with E-state index in [1.165, 1.54) is 11.1 Å². The first-order chi connectivity index (χ1) is 13.6. The van der Waals surface area contributed by atoms with Crippen molar-refractivity contribution in [1.29, 1.82) is 0 Å². The minimum atomic E-state index is -1.00. The largest absolute Gasteiger partial charge is 0.493 e. The van der Waals surface area contributed by atoms with Crippen molar-refractivity contribution >= 4 is 5.97 Å². The van der Waals surface area contributed by atoms with Gasteiger partial charge in [-0.15, -0.1) is 0 Å². The lowest BCUT2D eigenvalue weighted by molar-refractivity contribution is -0.139. The van der Waals surface area contributed by atoms with Gasteiger partial charge in [0.05, 0.1) is 7.11 Å². The van der Waals surface area contributed by atoms with E-state index in [-0.39, 0.29) is 19.4 Å². The summed E-state index contributed by atoms with van der Waals surface area (Å²) in [6.07, 6.45) is 1.77. The van der Waals surface area contributed by atoms with Crippen molar-refractivity contribution in [3.63, 3.8) is 0 Å². The number of carboxylic acids is 1. The molecule has 0 fully saturated rings. The standard InChI is InChI=1S/C21H21NO6/c1-25-17-3-2-12-6-16-14-8-19-18(27-11-28-19)7-13(14)4-5-22(16)9-15(12)21(17)26-10-20(23)24/h2-3,7-8,16H,4-6,9-11H2,1H3,(H,23,24). The van der Waals surface area contributed by atoms with Crippen LogP contribution < -0.4 is 18.9 Å². The van der Waals surface area contributed by atoms with Crippen molar-refractivity contribution in [2.24, 2.45) is 0 Å². The molecule has 0 radical (unpaired) electrons. The Balaban J connectivity index is 1.52. The fraction of sp³-hybridized carbons (Fsp3) is 0.381. The zero-order valence-corrected chi connectivity index (χ0v) is 15.6. The van der Waals surface area contributed by atoms with Gasteiger partial charge in [-0.1, -0.05) is 6.07 Å². The molecule has 5 rings (SSSR count). The van der Waals surface area contributed by atoms with Gasteiger partial charge in [-0.3, -0.25) is 4.90 Å². The Morgan fingerprint density at radius 1 is 1.25 bits per heavy atom. The maximum Gasteiger partial charge on any atom is 0.341 e. The summed E-state index contributed by atoms with van der Waals surface area (Å²) in [4.78, 5) is 13.4. The fourth-order valence-electron chi connectivity index (χ4n) is 4.45. The lowest BCUT2D eigenvalue weighted by Gasteiger charge is -2.42. The van der Waals surface area contributed by atoms with Crippen molar-refractivity contribution < 1.29 is 28.8 Å². The molecule has 1 N–H and O–H groups in total. The van der Waals surface area contributed by atoms with Crippen LogP contribution in [-0.2, 0) is 24.2 Å². The van der Waals surface area contributed by atoms with Gasteiger partial charge in [0.15, 0.2) is 29.6 Å². The quantitative estimate of drug-likeness (QED) is 0.869. The van der Waals surface area contributed by atoms with Crippen LogP contribution >= 0.6 is 0 Å². The molecular formula is C21H21NO6. The van der Waals surface area contributed by atoms with E-state index in [2.05, 4.69) is 23.1 Å². The molecular weight excluding hydrogens is 362 g/mol. The first-order valence-corrected chi connectivity index (χ1v) is 9.34. The number of hydrogen-bond acceptors (Lipinski definition) is 6. The summed E-state index contributed by atoms with van der Waals surface area (Å²) >= 11 is 0. The number of carbonyl (C=O) groups is 1. The van der Waals surface area contributed by atoms with Gasteiger partial charge in [0.25, 0.3) is 0 Å². The van der Waals surface area contributed by atoms with E-state index in [9.17, 15) is 4.79 Å². The molecule has 0 amide bonds. The Hall–Kier alpha value is -2.93. The fourth-order valence-corrected chi connectivity index (χ4v) is 4.45. The van der Waals surface area contributed by atoms with Crippen molar-refractivity contribution in [2.75, 3.05) is 27.1 Å². The highest BCUT2D eigenvalue weighted by atomic mass is 16.7. The molecule has 28 heavy (non-hydrogen) atoms. The second-order valence-corrected chi connectivity index (χ2v) is 7.26. The summed E-state index contributed by atoms with van der Waals surface area (Å²) < 4.78 is 22.1. The van der Waals surface area contributed by atoms with E-state index in [1.807, 2.05) is 6.07 Å². The highest BCUT2D eigenvalue weighted by Crippen LogP contribution is 2.46. The van der Waals surface area contributed by atoms with Crippen LogP contribution in [0.1, 0.15) is 28.3 Å². The minimum Gasteiger partial charge on any atom is -0.493 e. The summed E-state index contributed by atoms with van der Waals surface area (Å²) in [5.74, 6) is 1.75. The van der Waals surface area contributed by atoms with Gasteiger partial charge in [0.2, 0.25) is 6.79 Å². The third-order valence-corrected chi connectivity index (χ3v) is 5.76. The number of fused-ring (bicyclic) bond motifs is 5. The summed E-state index contributed by atoms with van der Waals surface area (Å²) in [6, 6.07) is 8.40. The Labute approximate surface area is 162 Å². The van der Waals surface area contributed by atoms with Crippen LogP contribution in [0, 0.1) is 0 Å². The lowest BCUT2D eigenvalue weighted by Crippen LogP contribution is -2.39. The number of benzene rings is 2. The van der Waals surface area contributed by atoms with Crippen molar-refractivity contribution in [1.82, 2.24) is 4.90 Å². The van der Waals surface area contributed by atoms with Crippen LogP contribution in [0.2, 0.25) is 0 Å². The molecule has 3 aliphatic heterocycles. The molecule has 0 spiro atoms. The number of hydrogen-bond donors (Lipinski definition) is 1. The second kappa shape index (κ2) is 6.60. The molecule has 1 unspecified atom stereocenters. The molecule has 1 atom stereocenters. The molecule has 2 aromatic rings. The number of nitrogens with zero attached hydrogens (tertiary/aromatic N) is 1. The van der Waals surface area contributed by atoms with Gasteiger partial charge >= 0.3 is 5.97 Å². The van der Waals surface area contributed by atoms with E-state index in [0.29, 0.717) is 18.0 Å². The number of rotatable bonds is 4. The van der Waals surface area contributed by atoms with Gasteiger partial charge in [-0.05, 0) is 47.7 Å². The van der Waals surface area contributed by atoms with Crippen molar-refractivity contribution in [2.45, 2.75) is 25.4 Å². The summed E-state index contributed by atoms with van der Waals surface area (Å²) in [7, 11) is 1.57. The van der Waals surface area contributed by atoms with Crippen LogP contribution in [0.5, 0.6) is 23.0 Å². The van der Waals surface area contributed by atoms with E-state index < -0.39 is 5.97 Å². The highest BCUT2D eigenvalue weighted by molar-refractivity contribution is 5.69. The molecule has 0 bridgehead atoms. The Kier molecular flexibility index (Phi) is 4.05. The van der Waals surface area contributed by atoms with Gasteiger partial charge in [0.1, 0.15) is 0 Å². The SMILES string of the molecule is COc1ccc2c(c1OCC(=O)O)CN1CCc3cc4c(cc3C1C2)OCO4. The topological polar surface area (TPSA) is 77.5 Å². The highest BCUT2D eigenvalue weighted by Gasteiger charge is 2.35. The van der Waals surface area contributed by atoms with Crippen LogP contribution in [0.3, 0.4) is 0 Å². The Morgan fingerprint density at radius 3 is 2.86 bits per heavy atom. The second-order valence-electron chi connectivity index (χ2n) is 7.26. The molecule has 3 heterocycles. The molecule has 0 saturated heterocycles. The van der Waals surface area contributed by atoms with Crippen molar-refractivity contribution in [3.05, 3.63) is 46.5 Å². The summed E-state index contributed by atoms with van der Waals surface area (Å²) in [5, 5.41) is 9.02. The number of carboxylic acid groups (broad SMARTS) is 1. The molecule has 0 aliphatic carbocycles. The summed E-state index contributed by atoms with van der Waals surface area (Å²) in [6.45, 7) is 1.51. The summed E-state index contributed by atoms with van der Waals surface area (Å²) in [5.41, 5.74) is 4.77. The van der Waals surface area contributed by atoms with E-state index >= 15 is 0 Å². The van der Waals surface area contributed by atoms with Crippen molar-refractivity contribution in [3.8, 4) is 23.0 Å². The monoisotopic (exact) mass is 383 g/mol. The number of methoxy groups -OCH3 is 1. The normalized spacial score (nSPS) is 19.4. The van der Waals surface area contributed by atoms with Crippen LogP contribution in [0.4, 0.5) is 0 Å². The average molecular weight is 383 g/mol. The first kappa shape index (κ1) is 17.2. The molecule has 0 aromatic heterocycles. The molecule has 7 nitrogen and oxygen atoms in total.